The van der Waals surface area contributed by atoms with Crippen molar-refractivity contribution in [3.63, 3.8) is 0 Å². The van der Waals surface area contributed by atoms with E-state index in [4.69, 9.17) is 14.2 Å². The van der Waals surface area contributed by atoms with Crippen molar-refractivity contribution >= 4 is 11.9 Å². The lowest BCUT2D eigenvalue weighted by atomic mass is 10.1. The van der Waals surface area contributed by atoms with E-state index < -0.39 is 6.10 Å². The zero-order chi connectivity index (χ0) is 37.8. The van der Waals surface area contributed by atoms with E-state index in [1.165, 1.54) is 135 Å². The second kappa shape index (κ2) is 43.5. The third-order valence-corrected chi connectivity index (χ3v) is 9.65. The van der Waals surface area contributed by atoms with E-state index in [1.54, 1.807) is 0 Å². The molecule has 0 N–H and O–H groups in total. The van der Waals surface area contributed by atoms with Gasteiger partial charge in [0, 0.05) is 19.4 Å². The number of hydrogen-bond donors (Lipinski definition) is 0. The Morgan fingerprint density at radius 3 is 1.35 bits per heavy atom. The topological polar surface area (TPSA) is 61.8 Å². The highest BCUT2D eigenvalue weighted by atomic mass is 16.6. The highest BCUT2D eigenvalue weighted by Gasteiger charge is 2.17. The lowest BCUT2D eigenvalue weighted by molar-refractivity contribution is -0.163. The van der Waals surface area contributed by atoms with Crippen LogP contribution in [0.2, 0.25) is 0 Å². The number of carbonyl (C=O) groups is 2. The largest absolute Gasteiger partial charge is 0.462 e. The van der Waals surface area contributed by atoms with E-state index in [2.05, 4.69) is 57.2 Å². The molecule has 5 nitrogen and oxygen atoms in total. The highest BCUT2D eigenvalue weighted by molar-refractivity contribution is 5.70. The van der Waals surface area contributed by atoms with E-state index in [1.807, 2.05) is 0 Å². The minimum Gasteiger partial charge on any atom is -0.462 e. The third-order valence-electron chi connectivity index (χ3n) is 9.65. The van der Waals surface area contributed by atoms with Gasteiger partial charge in [-0.3, -0.25) is 9.59 Å². The number of rotatable bonds is 41. The first kappa shape index (κ1) is 50.1. The molecule has 1 atom stereocenters. The minimum absolute atomic E-state index is 0.0784. The molecule has 304 valence electrons. The van der Waals surface area contributed by atoms with Gasteiger partial charge in [-0.25, -0.2) is 0 Å². The summed E-state index contributed by atoms with van der Waals surface area (Å²) in [4.78, 5) is 25.1. The van der Waals surface area contributed by atoms with Gasteiger partial charge in [0.05, 0.1) is 6.61 Å². The fourth-order valence-electron chi connectivity index (χ4n) is 6.24. The number of esters is 2. The van der Waals surface area contributed by atoms with E-state index in [0.29, 0.717) is 19.4 Å². The van der Waals surface area contributed by atoms with Crippen molar-refractivity contribution in [2.45, 2.75) is 232 Å². The SMILES string of the molecule is CCCCC/C=C\C/C=C\CCCCCCCC(=O)OCC(COCCCCCCCC/C=C\CCCCCC)OC(=O)CCCCCCCCC. The Labute approximate surface area is 323 Å². The molecule has 0 aliphatic carbocycles. The highest BCUT2D eigenvalue weighted by Crippen LogP contribution is 2.13. The molecule has 0 radical (unpaired) electrons. The lowest BCUT2D eigenvalue weighted by Crippen LogP contribution is -2.30. The molecule has 0 aromatic rings. The first-order chi connectivity index (χ1) is 25.6. The summed E-state index contributed by atoms with van der Waals surface area (Å²) in [6, 6.07) is 0. The molecule has 0 fully saturated rings. The summed E-state index contributed by atoms with van der Waals surface area (Å²) in [7, 11) is 0. The Morgan fingerprint density at radius 1 is 0.423 bits per heavy atom. The van der Waals surface area contributed by atoms with Crippen LogP contribution in [0.3, 0.4) is 0 Å². The Hall–Kier alpha value is -1.88. The van der Waals surface area contributed by atoms with Gasteiger partial charge in [-0.05, 0) is 77.0 Å². The van der Waals surface area contributed by atoms with Gasteiger partial charge in [0.1, 0.15) is 6.61 Å². The molecule has 0 saturated carbocycles. The second-order valence-electron chi connectivity index (χ2n) is 15.0. The van der Waals surface area contributed by atoms with Crippen LogP contribution < -0.4 is 0 Å². The van der Waals surface area contributed by atoms with Gasteiger partial charge in [-0.1, -0.05) is 173 Å². The standard InChI is InChI=1S/C47H86O5/c1-4-7-10-13-16-18-20-22-24-25-27-29-32-34-37-40-46(48)51-44-45(52-47(49)41-38-35-31-15-12-9-6-3)43-50-42-39-36-33-30-28-26-23-21-19-17-14-11-8-5-2/h16,18-19,21-22,24,45H,4-15,17,20,23,25-44H2,1-3H3/b18-16-,21-19-,24-22-. The third kappa shape index (κ3) is 40.9. The predicted molar refractivity (Wildman–Crippen MR) is 224 cm³/mol. The quantitative estimate of drug-likeness (QED) is 0.0356. The molecule has 52 heavy (non-hydrogen) atoms. The fourth-order valence-corrected chi connectivity index (χ4v) is 6.24. The van der Waals surface area contributed by atoms with Crippen LogP contribution in [-0.2, 0) is 23.8 Å². The molecule has 0 heterocycles. The van der Waals surface area contributed by atoms with Gasteiger partial charge in [0.25, 0.3) is 0 Å². The van der Waals surface area contributed by atoms with Crippen LogP contribution in [-0.4, -0.2) is 37.9 Å². The summed E-state index contributed by atoms with van der Waals surface area (Å²) < 4.78 is 17.2. The molecule has 0 aromatic carbocycles. The predicted octanol–water partition coefficient (Wildman–Crippen LogP) is 14.7. The molecule has 0 amide bonds. The van der Waals surface area contributed by atoms with Gasteiger partial charge in [0.15, 0.2) is 6.10 Å². The maximum atomic E-state index is 12.6. The molecule has 0 spiro atoms. The number of ether oxygens (including phenoxy) is 3. The molecule has 5 heteroatoms. The summed E-state index contributed by atoms with van der Waals surface area (Å²) in [5, 5.41) is 0. The Kier molecular flexibility index (Phi) is 42.0. The molecule has 0 rings (SSSR count). The van der Waals surface area contributed by atoms with Crippen LogP contribution in [0.25, 0.3) is 0 Å². The van der Waals surface area contributed by atoms with Crippen molar-refractivity contribution in [3.05, 3.63) is 36.5 Å². The van der Waals surface area contributed by atoms with Crippen molar-refractivity contribution in [2.24, 2.45) is 0 Å². The first-order valence-corrected chi connectivity index (χ1v) is 22.5. The van der Waals surface area contributed by atoms with Gasteiger partial charge >= 0.3 is 11.9 Å². The average molecular weight is 731 g/mol. The van der Waals surface area contributed by atoms with E-state index in [0.717, 1.165) is 57.8 Å². The lowest BCUT2D eigenvalue weighted by Gasteiger charge is -2.18. The van der Waals surface area contributed by atoms with E-state index in [-0.39, 0.29) is 25.2 Å². The Bertz CT molecular complexity index is 832. The molecule has 0 aromatic heterocycles. The molecular weight excluding hydrogens is 645 g/mol. The molecule has 1 unspecified atom stereocenters. The van der Waals surface area contributed by atoms with Crippen LogP contribution in [0, 0.1) is 0 Å². The van der Waals surface area contributed by atoms with Crippen LogP contribution in [0.4, 0.5) is 0 Å². The Morgan fingerprint density at radius 2 is 0.808 bits per heavy atom. The van der Waals surface area contributed by atoms with Gasteiger partial charge < -0.3 is 14.2 Å². The summed E-state index contributed by atoms with van der Waals surface area (Å²) in [6.07, 6.45) is 50.0. The van der Waals surface area contributed by atoms with Crippen molar-refractivity contribution in [3.8, 4) is 0 Å². The molecule has 0 bridgehead atoms. The summed E-state index contributed by atoms with van der Waals surface area (Å²) >= 11 is 0. The normalized spacial score (nSPS) is 12.4. The number of hydrogen-bond acceptors (Lipinski definition) is 5. The summed E-state index contributed by atoms with van der Waals surface area (Å²) in [5.41, 5.74) is 0. The zero-order valence-electron chi connectivity index (χ0n) is 34.8. The number of unbranched alkanes of at least 4 members (excludes halogenated alkanes) is 24. The van der Waals surface area contributed by atoms with Crippen molar-refractivity contribution < 1.29 is 23.8 Å². The van der Waals surface area contributed by atoms with Crippen molar-refractivity contribution in [1.82, 2.24) is 0 Å². The van der Waals surface area contributed by atoms with E-state index >= 15 is 0 Å². The molecular formula is C47H86O5. The summed E-state index contributed by atoms with van der Waals surface area (Å²) in [6.45, 7) is 7.74. The van der Waals surface area contributed by atoms with Gasteiger partial charge in [-0.15, -0.1) is 0 Å². The number of carbonyl (C=O) groups excluding carboxylic acids is 2. The monoisotopic (exact) mass is 731 g/mol. The number of allylic oxidation sites excluding steroid dienone is 6. The molecule has 0 saturated heterocycles. The van der Waals surface area contributed by atoms with Crippen molar-refractivity contribution in [1.29, 1.82) is 0 Å². The van der Waals surface area contributed by atoms with Crippen LogP contribution in [0.5, 0.6) is 0 Å². The van der Waals surface area contributed by atoms with Crippen LogP contribution in [0.15, 0.2) is 36.5 Å². The molecule has 0 aliphatic heterocycles. The van der Waals surface area contributed by atoms with Crippen LogP contribution >= 0.6 is 0 Å². The maximum Gasteiger partial charge on any atom is 0.306 e. The van der Waals surface area contributed by atoms with Gasteiger partial charge in [-0.2, -0.15) is 0 Å². The van der Waals surface area contributed by atoms with Crippen LogP contribution in [0.1, 0.15) is 226 Å². The average Bonchev–Trinajstić information content (AvgIpc) is 3.14. The minimum atomic E-state index is -0.537. The first-order valence-electron chi connectivity index (χ1n) is 22.5. The fraction of sp³-hybridized carbons (Fsp3) is 0.830. The maximum absolute atomic E-state index is 12.6. The Balaban J connectivity index is 4.18. The molecule has 0 aliphatic rings. The van der Waals surface area contributed by atoms with Gasteiger partial charge in [0.2, 0.25) is 0 Å². The van der Waals surface area contributed by atoms with E-state index in [9.17, 15) is 9.59 Å². The zero-order valence-corrected chi connectivity index (χ0v) is 34.8. The van der Waals surface area contributed by atoms with Crippen molar-refractivity contribution in [2.75, 3.05) is 19.8 Å². The second-order valence-corrected chi connectivity index (χ2v) is 15.0. The summed E-state index contributed by atoms with van der Waals surface area (Å²) in [5.74, 6) is -0.417. The smallest absolute Gasteiger partial charge is 0.306 e.